The van der Waals surface area contributed by atoms with E-state index in [0.29, 0.717) is 18.5 Å². The molecule has 0 bridgehead atoms. The summed E-state index contributed by atoms with van der Waals surface area (Å²) in [7, 11) is 0. The number of rotatable bonds is 6. The number of likely N-dealkylation sites (tertiary alicyclic amines) is 1. The van der Waals surface area contributed by atoms with Crippen LogP contribution in [0.4, 0.5) is 0 Å². The lowest BCUT2D eigenvalue weighted by Gasteiger charge is -2.31. The van der Waals surface area contributed by atoms with Gasteiger partial charge < -0.3 is 15.5 Å². The smallest absolute Gasteiger partial charge is 0.221 e. The predicted molar refractivity (Wildman–Crippen MR) is 71.0 cm³/mol. The van der Waals surface area contributed by atoms with Gasteiger partial charge in [-0.05, 0) is 19.4 Å². The molecule has 0 aromatic carbocycles. The van der Waals surface area contributed by atoms with Crippen molar-refractivity contribution < 1.29 is 4.79 Å². The van der Waals surface area contributed by atoms with Crippen LogP contribution in [0.2, 0.25) is 0 Å². The summed E-state index contributed by atoms with van der Waals surface area (Å²) in [4.78, 5) is 14.1. The summed E-state index contributed by atoms with van der Waals surface area (Å²) in [6.07, 6.45) is 2.78. The highest BCUT2D eigenvalue weighted by molar-refractivity contribution is 5.76. The maximum atomic E-state index is 11.7. The SMILES string of the molecule is CCN1CCC(NC(=O)CCNC(C)C)CC1. The highest BCUT2D eigenvalue weighted by atomic mass is 16.1. The van der Waals surface area contributed by atoms with Crippen molar-refractivity contribution in [3.8, 4) is 0 Å². The van der Waals surface area contributed by atoms with Gasteiger partial charge in [0.2, 0.25) is 5.91 Å². The molecule has 1 heterocycles. The first-order valence-corrected chi connectivity index (χ1v) is 6.87. The van der Waals surface area contributed by atoms with Gasteiger partial charge in [-0.25, -0.2) is 0 Å². The molecule has 4 nitrogen and oxygen atoms in total. The van der Waals surface area contributed by atoms with Gasteiger partial charge >= 0.3 is 0 Å². The molecule has 1 saturated heterocycles. The van der Waals surface area contributed by atoms with E-state index in [1.807, 2.05) is 0 Å². The summed E-state index contributed by atoms with van der Waals surface area (Å²) in [5.41, 5.74) is 0. The molecule has 100 valence electrons. The highest BCUT2D eigenvalue weighted by Gasteiger charge is 2.19. The number of carbonyl (C=O) groups excluding carboxylic acids is 1. The zero-order chi connectivity index (χ0) is 12.7. The van der Waals surface area contributed by atoms with Gasteiger partial charge in [-0.1, -0.05) is 20.8 Å². The van der Waals surface area contributed by atoms with E-state index in [2.05, 4.69) is 36.3 Å². The first-order valence-electron chi connectivity index (χ1n) is 6.87. The second kappa shape index (κ2) is 7.67. The Bertz CT molecular complexity index is 223. The van der Waals surface area contributed by atoms with E-state index in [9.17, 15) is 4.79 Å². The third-order valence-corrected chi connectivity index (χ3v) is 3.30. The van der Waals surface area contributed by atoms with Gasteiger partial charge in [-0.3, -0.25) is 4.79 Å². The lowest BCUT2D eigenvalue weighted by molar-refractivity contribution is -0.122. The Morgan fingerprint density at radius 1 is 1.35 bits per heavy atom. The number of nitrogens with one attached hydrogen (secondary N) is 2. The number of amides is 1. The summed E-state index contributed by atoms with van der Waals surface area (Å²) in [5.74, 6) is 0.188. The molecule has 1 aliphatic heterocycles. The summed E-state index contributed by atoms with van der Waals surface area (Å²) in [6, 6.07) is 0.847. The fourth-order valence-electron chi connectivity index (χ4n) is 2.17. The summed E-state index contributed by atoms with van der Waals surface area (Å²) >= 11 is 0. The van der Waals surface area contributed by atoms with E-state index in [1.165, 1.54) is 0 Å². The fraction of sp³-hybridized carbons (Fsp3) is 0.923. The van der Waals surface area contributed by atoms with Crippen LogP contribution in [0.5, 0.6) is 0 Å². The Morgan fingerprint density at radius 2 is 2.00 bits per heavy atom. The fourth-order valence-corrected chi connectivity index (χ4v) is 2.17. The van der Waals surface area contributed by atoms with Crippen LogP contribution in [0.1, 0.15) is 40.0 Å². The number of nitrogens with zero attached hydrogens (tertiary/aromatic N) is 1. The molecule has 1 rings (SSSR count). The Labute approximate surface area is 105 Å². The third kappa shape index (κ3) is 6.03. The number of piperidine rings is 1. The van der Waals surface area contributed by atoms with Crippen LogP contribution in [0.25, 0.3) is 0 Å². The second-order valence-electron chi connectivity index (χ2n) is 5.13. The monoisotopic (exact) mass is 241 g/mol. The predicted octanol–water partition coefficient (Wildman–Crippen LogP) is 0.975. The van der Waals surface area contributed by atoms with E-state index in [4.69, 9.17) is 0 Å². The molecule has 2 N–H and O–H groups in total. The van der Waals surface area contributed by atoms with Crippen molar-refractivity contribution in [2.75, 3.05) is 26.2 Å². The maximum Gasteiger partial charge on any atom is 0.221 e. The molecule has 17 heavy (non-hydrogen) atoms. The van der Waals surface area contributed by atoms with Crippen molar-refractivity contribution in [1.29, 1.82) is 0 Å². The number of hydrogen-bond acceptors (Lipinski definition) is 3. The minimum atomic E-state index is 0.188. The van der Waals surface area contributed by atoms with Crippen molar-refractivity contribution in [2.24, 2.45) is 0 Å². The molecule has 1 fully saturated rings. The molecule has 1 aliphatic rings. The molecule has 0 saturated carbocycles. The molecule has 1 amide bonds. The van der Waals surface area contributed by atoms with Crippen molar-refractivity contribution >= 4 is 5.91 Å². The second-order valence-corrected chi connectivity index (χ2v) is 5.13. The van der Waals surface area contributed by atoms with Crippen molar-refractivity contribution in [3.05, 3.63) is 0 Å². The molecule has 4 heteroatoms. The van der Waals surface area contributed by atoms with Crippen LogP contribution in [-0.2, 0) is 4.79 Å². The van der Waals surface area contributed by atoms with Crippen LogP contribution in [0.3, 0.4) is 0 Å². The van der Waals surface area contributed by atoms with Crippen LogP contribution in [0, 0.1) is 0 Å². The van der Waals surface area contributed by atoms with E-state index in [1.54, 1.807) is 0 Å². The average Bonchev–Trinajstić information content (AvgIpc) is 2.29. The van der Waals surface area contributed by atoms with Crippen LogP contribution in [-0.4, -0.2) is 49.1 Å². The van der Waals surface area contributed by atoms with Gasteiger partial charge in [0.05, 0.1) is 0 Å². The minimum Gasteiger partial charge on any atom is -0.353 e. The van der Waals surface area contributed by atoms with Gasteiger partial charge in [-0.2, -0.15) is 0 Å². The maximum absolute atomic E-state index is 11.7. The first kappa shape index (κ1) is 14.5. The Hall–Kier alpha value is -0.610. The number of hydrogen-bond donors (Lipinski definition) is 2. The molecule has 0 spiro atoms. The van der Waals surface area contributed by atoms with Gasteiger partial charge in [0.1, 0.15) is 0 Å². The van der Waals surface area contributed by atoms with Crippen LogP contribution < -0.4 is 10.6 Å². The zero-order valence-electron chi connectivity index (χ0n) is 11.5. The quantitative estimate of drug-likeness (QED) is 0.728. The molecule has 0 atom stereocenters. The van der Waals surface area contributed by atoms with E-state index >= 15 is 0 Å². The Balaban J connectivity index is 2.10. The summed E-state index contributed by atoms with van der Waals surface area (Å²) < 4.78 is 0. The Kier molecular flexibility index (Phi) is 6.52. The standard InChI is InChI=1S/C13H27N3O/c1-4-16-9-6-12(7-10-16)15-13(17)5-8-14-11(2)3/h11-12,14H,4-10H2,1-3H3,(H,15,17). The molecule has 0 radical (unpaired) electrons. The highest BCUT2D eigenvalue weighted by Crippen LogP contribution is 2.09. The molecule has 0 aromatic heterocycles. The van der Waals surface area contributed by atoms with Gasteiger partial charge in [0.15, 0.2) is 0 Å². The van der Waals surface area contributed by atoms with Crippen LogP contribution in [0.15, 0.2) is 0 Å². The zero-order valence-corrected chi connectivity index (χ0v) is 11.5. The van der Waals surface area contributed by atoms with Gasteiger partial charge in [-0.15, -0.1) is 0 Å². The van der Waals surface area contributed by atoms with Gasteiger partial charge in [0, 0.05) is 38.1 Å². The molecule has 0 aromatic rings. The molecule has 0 unspecified atom stereocenters. The normalized spacial score (nSPS) is 18.6. The van der Waals surface area contributed by atoms with Crippen molar-refractivity contribution in [3.63, 3.8) is 0 Å². The Morgan fingerprint density at radius 3 is 2.53 bits per heavy atom. The van der Waals surface area contributed by atoms with Crippen LogP contribution >= 0.6 is 0 Å². The topological polar surface area (TPSA) is 44.4 Å². The van der Waals surface area contributed by atoms with E-state index in [0.717, 1.165) is 39.0 Å². The van der Waals surface area contributed by atoms with E-state index < -0.39 is 0 Å². The average molecular weight is 241 g/mol. The van der Waals surface area contributed by atoms with Gasteiger partial charge in [0.25, 0.3) is 0 Å². The van der Waals surface area contributed by atoms with E-state index in [-0.39, 0.29) is 5.91 Å². The minimum absolute atomic E-state index is 0.188. The third-order valence-electron chi connectivity index (χ3n) is 3.30. The first-order chi connectivity index (χ1) is 8.11. The molecular formula is C13H27N3O. The number of carbonyl (C=O) groups is 1. The van der Waals surface area contributed by atoms with Crippen molar-refractivity contribution in [1.82, 2.24) is 15.5 Å². The lowest BCUT2D eigenvalue weighted by Crippen LogP contribution is -2.45. The summed E-state index contributed by atoms with van der Waals surface area (Å²) in [6.45, 7) is 10.5. The lowest BCUT2D eigenvalue weighted by atomic mass is 10.0. The summed E-state index contributed by atoms with van der Waals surface area (Å²) in [5, 5.41) is 6.39. The largest absolute Gasteiger partial charge is 0.353 e. The molecular weight excluding hydrogens is 214 g/mol. The van der Waals surface area contributed by atoms with Crippen molar-refractivity contribution in [2.45, 2.75) is 52.1 Å². The molecule has 0 aliphatic carbocycles.